The van der Waals surface area contributed by atoms with Gasteiger partial charge < -0.3 is 41.1 Å². The third-order valence-corrected chi connectivity index (χ3v) is 11.8. The lowest BCUT2D eigenvalue weighted by atomic mass is 10.1. The molecule has 1 aromatic carbocycles. The molecule has 3 aromatic rings. The van der Waals surface area contributed by atoms with Crippen LogP contribution < -0.4 is 11.1 Å². The van der Waals surface area contributed by atoms with Crippen molar-refractivity contribution in [3.63, 3.8) is 0 Å². The Kier molecular flexibility index (Phi) is 9.67. The second-order valence-corrected chi connectivity index (χ2v) is 14.8. The van der Waals surface area contributed by atoms with E-state index in [4.69, 9.17) is 15.3 Å². The fraction of sp³-hybridized carbons (Fsp3) is 0.321. The lowest BCUT2D eigenvalue weighted by molar-refractivity contribution is -0.148. The molecule has 0 spiro atoms. The monoisotopic (exact) mass is 734 g/mol. The summed E-state index contributed by atoms with van der Waals surface area (Å²) >= 11 is 4.53. The number of nitrogens with zero attached hydrogens (tertiary/aromatic N) is 4. The minimum atomic E-state index is -1.64. The number of anilines is 1. The highest BCUT2D eigenvalue weighted by Gasteiger charge is 2.54. The van der Waals surface area contributed by atoms with Crippen LogP contribution in [0.5, 0.6) is 11.5 Å². The zero-order valence-corrected chi connectivity index (χ0v) is 27.8. The average molecular weight is 735 g/mol. The third kappa shape index (κ3) is 6.86. The van der Waals surface area contributed by atoms with Crippen LogP contribution in [-0.4, -0.2) is 94.0 Å². The first-order valence-corrected chi connectivity index (χ1v) is 18.0. The van der Waals surface area contributed by atoms with Gasteiger partial charge in [0.15, 0.2) is 32.4 Å². The number of nitrogens with one attached hydrogen (secondary N) is 1. The van der Waals surface area contributed by atoms with Crippen LogP contribution in [0, 0.1) is 0 Å². The summed E-state index contributed by atoms with van der Waals surface area (Å²) in [7, 11) is 0. The van der Waals surface area contributed by atoms with Crippen LogP contribution >= 0.6 is 46.2 Å². The van der Waals surface area contributed by atoms with Crippen molar-refractivity contribution in [2.45, 2.75) is 47.5 Å². The van der Waals surface area contributed by atoms with Gasteiger partial charge in [0.25, 0.3) is 11.8 Å². The van der Waals surface area contributed by atoms with Crippen molar-refractivity contribution in [3.05, 3.63) is 46.4 Å². The van der Waals surface area contributed by atoms with E-state index in [1.807, 2.05) is 0 Å². The number of aromatic carboxylic acids is 1. The SMILES string of the molecule is Nc1nc(C(=NOC2CCCC2)C(=O)N[C@@H]2C(=O)N3C(OC(=O)O)=C(CSc4nc(C(=O)O)c(-c5ccc(O)c(O)c5)s4)CS[C@@H]23)cs1. The molecule has 1 saturated carbocycles. The number of ether oxygens (including phenoxy) is 1. The summed E-state index contributed by atoms with van der Waals surface area (Å²) in [5.41, 5.74) is 6.32. The number of β-lactam (4-membered cyclic amide) rings is 1. The predicted molar refractivity (Wildman–Crippen MR) is 176 cm³/mol. The molecular formula is C28H26N6O10S4. The van der Waals surface area contributed by atoms with E-state index in [0.717, 1.165) is 65.0 Å². The topological polar surface area (TPSA) is 247 Å². The number of fused-ring (bicyclic) bond motifs is 1. The Bertz CT molecular complexity index is 1850. The van der Waals surface area contributed by atoms with Gasteiger partial charge in [-0.05, 0) is 49.4 Å². The van der Waals surface area contributed by atoms with E-state index in [-0.39, 0.29) is 56.4 Å². The second-order valence-electron chi connectivity index (χ2n) is 10.6. The van der Waals surface area contributed by atoms with Gasteiger partial charge >= 0.3 is 12.1 Å². The number of amides is 2. The van der Waals surface area contributed by atoms with Crippen LogP contribution in [0.1, 0.15) is 41.9 Å². The van der Waals surface area contributed by atoms with E-state index in [2.05, 4.69) is 20.4 Å². The molecule has 2 fully saturated rings. The second kappa shape index (κ2) is 13.9. The minimum Gasteiger partial charge on any atom is -0.504 e. The fourth-order valence-electron chi connectivity index (χ4n) is 5.16. The Balaban J connectivity index is 1.18. The maximum absolute atomic E-state index is 13.4. The molecule has 2 atom stereocenters. The molecule has 3 aliphatic rings. The van der Waals surface area contributed by atoms with E-state index in [0.29, 0.717) is 15.5 Å². The van der Waals surface area contributed by atoms with Gasteiger partial charge in [-0.3, -0.25) is 14.5 Å². The number of phenols is 2. The minimum absolute atomic E-state index is 0.0938. The van der Waals surface area contributed by atoms with Crippen molar-refractivity contribution in [2.75, 3.05) is 17.2 Å². The highest BCUT2D eigenvalue weighted by Crippen LogP contribution is 2.43. The first-order valence-electron chi connectivity index (χ1n) is 14.2. The molecule has 48 heavy (non-hydrogen) atoms. The van der Waals surface area contributed by atoms with E-state index < -0.39 is 41.1 Å². The molecule has 1 aliphatic carbocycles. The number of thiazole rings is 2. The molecule has 4 heterocycles. The Labute approximate surface area is 287 Å². The first kappa shape index (κ1) is 33.4. The quantitative estimate of drug-likeness (QED) is 0.0410. The number of phenolic OH excluding ortho intramolecular Hbond substituents is 2. The summed E-state index contributed by atoms with van der Waals surface area (Å²) in [5, 5.41) is 46.6. The number of carbonyl (C=O) groups excluding carboxylic acids is 2. The first-order chi connectivity index (χ1) is 23.0. The van der Waals surface area contributed by atoms with Gasteiger partial charge in [0.05, 0.1) is 4.88 Å². The summed E-state index contributed by atoms with van der Waals surface area (Å²) in [6.45, 7) is 0. The Morgan fingerprint density at radius 2 is 1.92 bits per heavy atom. The maximum atomic E-state index is 13.4. The molecule has 20 heteroatoms. The number of carboxylic acids is 1. The number of carboxylic acid groups (broad SMARTS) is 2. The number of aromatic hydroxyl groups is 2. The van der Waals surface area contributed by atoms with Gasteiger partial charge in [0, 0.05) is 22.5 Å². The number of oxime groups is 1. The van der Waals surface area contributed by atoms with Gasteiger partial charge in [-0.1, -0.05) is 16.9 Å². The maximum Gasteiger partial charge on any atom is 0.512 e. The van der Waals surface area contributed by atoms with Crippen molar-refractivity contribution in [2.24, 2.45) is 5.16 Å². The van der Waals surface area contributed by atoms with Crippen LogP contribution in [0.2, 0.25) is 0 Å². The van der Waals surface area contributed by atoms with Crippen molar-refractivity contribution in [1.29, 1.82) is 0 Å². The molecule has 2 aliphatic heterocycles. The highest BCUT2D eigenvalue weighted by molar-refractivity contribution is 8.02. The number of hydrogen-bond acceptors (Lipinski definition) is 16. The number of benzene rings is 1. The van der Waals surface area contributed by atoms with Gasteiger partial charge in [0.2, 0.25) is 5.88 Å². The van der Waals surface area contributed by atoms with Crippen LogP contribution in [0.3, 0.4) is 0 Å². The van der Waals surface area contributed by atoms with E-state index in [1.165, 1.54) is 30.0 Å². The van der Waals surface area contributed by atoms with E-state index >= 15 is 0 Å². The zero-order valence-electron chi connectivity index (χ0n) is 24.5. The highest BCUT2D eigenvalue weighted by atomic mass is 32.2. The van der Waals surface area contributed by atoms with Crippen LogP contribution in [0.15, 0.2) is 44.5 Å². The van der Waals surface area contributed by atoms with Crippen LogP contribution in [0.25, 0.3) is 10.4 Å². The van der Waals surface area contributed by atoms with Crippen molar-refractivity contribution >= 4 is 81.0 Å². The molecular weight excluding hydrogens is 709 g/mol. The number of rotatable bonds is 11. The number of hydrogen-bond donors (Lipinski definition) is 6. The van der Waals surface area contributed by atoms with Gasteiger partial charge in [0.1, 0.15) is 23.2 Å². The lowest BCUT2D eigenvalue weighted by Gasteiger charge is -2.49. The van der Waals surface area contributed by atoms with E-state index in [1.54, 1.807) is 5.38 Å². The summed E-state index contributed by atoms with van der Waals surface area (Å²) in [6.07, 6.45) is 1.81. The molecule has 1 saturated heterocycles. The lowest BCUT2D eigenvalue weighted by Crippen LogP contribution is -2.70. The van der Waals surface area contributed by atoms with Crippen molar-refractivity contribution in [1.82, 2.24) is 20.2 Å². The molecule has 0 radical (unpaired) electrons. The molecule has 2 aromatic heterocycles. The predicted octanol–water partition coefficient (Wildman–Crippen LogP) is 3.72. The summed E-state index contributed by atoms with van der Waals surface area (Å²) in [6, 6.07) is 2.86. The summed E-state index contributed by atoms with van der Waals surface area (Å²) < 4.78 is 5.38. The van der Waals surface area contributed by atoms with Gasteiger partial charge in [-0.2, -0.15) is 0 Å². The number of nitrogen functional groups attached to an aromatic ring is 1. The molecule has 7 N–H and O–H groups in total. The third-order valence-electron chi connectivity index (χ3n) is 7.46. The molecule has 16 nitrogen and oxygen atoms in total. The van der Waals surface area contributed by atoms with Crippen LogP contribution in [0.4, 0.5) is 9.93 Å². The molecule has 0 bridgehead atoms. The number of carbonyl (C=O) groups is 4. The Morgan fingerprint density at radius 1 is 1.15 bits per heavy atom. The molecule has 252 valence electrons. The zero-order chi connectivity index (χ0) is 34.1. The number of aromatic nitrogens is 2. The standard InChI is InChI=1S/C28H26N6O10S4/c29-26-30-14(10-46-26)17(33-44-13-3-1-2-4-13)21(37)31-19-22(38)34-23(43-28(41)42)12(8-45-24(19)34)9-47-27-32-18(25(39)40)20(48-27)11-5-6-15(35)16(36)7-11/h5-7,10,13,19,24,35-36H,1-4,8-9H2,(H2,29,30)(H,31,37)(H,39,40)(H,41,42)/t19-,24+/m1/s1. The fourth-order valence-corrected chi connectivity index (χ4v) is 9.28. The molecule has 6 rings (SSSR count). The summed E-state index contributed by atoms with van der Waals surface area (Å²) in [4.78, 5) is 65.7. The van der Waals surface area contributed by atoms with Crippen molar-refractivity contribution < 1.29 is 49.2 Å². The van der Waals surface area contributed by atoms with E-state index in [9.17, 15) is 39.6 Å². The van der Waals surface area contributed by atoms with Crippen molar-refractivity contribution in [3.8, 4) is 21.9 Å². The Morgan fingerprint density at radius 3 is 2.58 bits per heavy atom. The smallest absolute Gasteiger partial charge is 0.504 e. The average Bonchev–Trinajstić information content (AvgIpc) is 3.82. The number of nitrogens with two attached hydrogens (primary N) is 1. The Hall–Kier alpha value is -4.53. The van der Waals surface area contributed by atoms with Gasteiger partial charge in [-0.15, -0.1) is 34.4 Å². The summed E-state index contributed by atoms with van der Waals surface area (Å²) in [5.74, 6) is -3.29. The normalized spacial score (nSPS) is 19.5. The molecule has 0 unspecified atom stereocenters. The molecule has 2 amide bonds. The van der Waals surface area contributed by atoms with Crippen LogP contribution in [-0.2, 0) is 19.2 Å². The van der Waals surface area contributed by atoms with Gasteiger partial charge in [-0.25, -0.2) is 19.6 Å². The largest absolute Gasteiger partial charge is 0.512 e. The number of thioether (sulfide) groups is 2.